The smallest absolute Gasteiger partial charge is 0.251 e. The van der Waals surface area contributed by atoms with Crippen molar-refractivity contribution in [1.82, 2.24) is 10.3 Å². The second-order valence-corrected chi connectivity index (χ2v) is 6.08. The molecular weight excluding hydrogens is 314 g/mol. The summed E-state index contributed by atoms with van der Waals surface area (Å²) in [7, 11) is 0. The second-order valence-electron chi connectivity index (χ2n) is 6.08. The first-order valence-corrected chi connectivity index (χ1v) is 8.24. The molecule has 0 spiro atoms. The number of benzene rings is 2. The fraction of sp³-hybridized carbons (Fsp3) is 0.150. The standard InChI is InChI=1S/C20H17N3O2/c24-19-8-6-14-11-15(5-7-17(14)23-19)20(25)22-12-18-16-4-2-1-3-13(16)9-10-21-18/h1-5,7,9-11H,6,8,12H2,(H,22,25)(H,23,24). The number of amides is 2. The topological polar surface area (TPSA) is 71.1 Å². The molecule has 0 aliphatic carbocycles. The molecule has 0 saturated carbocycles. The first kappa shape index (κ1) is 15.3. The number of hydrogen-bond acceptors (Lipinski definition) is 3. The Bertz CT molecular complexity index is 976. The lowest BCUT2D eigenvalue weighted by molar-refractivity contribution is -0.116. The number of carbonyl (C=O) groups is 2. The van der Waals surface area contributed by atoms with Gasteiger partial charge in [0, 0.05) is 29.3 Å². The van der Waals surface area contributed by atoms with E-state index >= 15 is 0 Å². The van der Waals surface area contributed by atoms with Crippen LogP contribution in [0, 0.1) is 0 Å². The molecule has 2 amide bonds. The number of pyridine rings is 1. The van der Waals surface area contributed by atoms with E-state index in [0.717, 1.165) is 27.7 Å². The van der Waals surface area contributed by atoms with Crippen LogP contribution in [0.3, 0.4) is 0 Å². The second kappa shape index (κ2) is 6.36. The maximum Gasteiger partial charge on any atom is 0.251 e. The lowest BCUT2D eigenvalue weighted by atomic mass is 10.00. The van der Waals surface area contributed by atoms with Gasteiger partial charge in [0.25, 0.3) is 5.91 Å². The van der Waals surface area contributed by atoms with Gasteiger partial charge in [-0.3, -0.25) is 14.6 Å². The molecule has 5 nitrogen and oxygen atoms in total. The SMILES string of the molecule is O=C1CCc2cc(C(=O)NCc3nccc4ccccc34)ccc2N1. The predicted molar refractivity (Wildman–Crippen MR) is 96.3 cm³/mol. The third-order valence-corrected chi connectivity index (χ3v) is 4.44. The third-order valence-electron chi connectivity index (χ3n) is 4.44. The summed E-state index contributed by atoms with van der Waals surface area (Å²) in [6, 6.07) is 15.3. The molecule has 3 aromatic rings. The first-order valence-electron chi connectivity index (χ1n) is 8.24. The van der Waals surface area contributed by atoms with Gasteiger partial charge in [0.05, 0.1) is 12.2 Å². The third kappa shape index (κ3) is 3.08. The Hall–Kier alpha value is -3.21. The van der Waals surface area contributed by atoms with Gasteiger partial charge in [-0.25, -0.2) is 0 Å². The summed E-state index contributed by atoms with van der Waals surface area (Å²) in [4.78, 5) is 28.3. The van der Waals surface area contributed by atoms with E-state index in [1.54, 1.807) is 18.3 Å². The number of carbonyl (C=O) groups excluding carboxylic acids is 2. The summed E-state index contributed by atoms with van der Waals surface area (Å²) in [6.07, 6.45) is 2.87. The molecule has 2 heterocycles. The molecular formula is C20H17N3O2. The fourth-order valence-electron chi connectivity index (χ4n) is 3.11. The molecule has 0 radical (unpaired) electrons. The highest BCUT2D eigenvalue weighted by Gasteiger charge is 2.16. The van der Waals surface area contributed by atoms with Crippen molar-refractivity contribution in [2.24, 2.45) is 0 Å². The average Bonchev–Trinajstić information content (AvgIpc) is 2.65. The van der Waals surface area contributed by atoms with E-state index in [-0.39, 0.29) is 11.8 Å². The van der Waals surface area contributed by atoms with Crippen LogP contribution in [-0.4, -0.2) is 16.8 Å². The number of nitrogens with zero attached hydrogens (tertiary/aromatic N) is 1. The van der Waals surface area contributed by atoms with Crippen LogP contribution in [0.1, 0.15) is 28.0 Å². The Morgan fingerprint density at radius 2 is 2.00 bits per heavy atom. The molecule has 0 unspecified atom stereocenters. The minimum atomic E-state index is -0.144. The number of anilines is 1. The Balaban J connectivity index is 1.51. The minimum absolute atomic E-state index is 0.0201. The molecule has 5 heteroatoms. The summed E-state index contributed by atoms with van der Waals surface area (Å²) < 4.78 is 0. The van der Waals surface area contributed by atoms with Crippen molar-refractivity contribution >= 4 is 28.3 Å². The molecule has 1 aromatic heterocycles. The summed E-state index contributed by atoms with van der Waals surface area (Å²) in [5.41, 5.74) is 3.23. The molecule has 1 aliphatic rings. The zero-order valence-electron chi connectivity index (χ0n) is 13.6. The lowest BCUT2D eigenvalue weighted by Gasteiger charge is -2.17. The highest BCUT2D eigenvalue weighted by Crippen LogP contribution is 2.23. The van der Waals surface area contributed by atoms with E-state index in [9.17, 15) is 9.59 Å². The highest BCUT2D eigenvalue weighted by atomic mass is 16.2. The van der Waals surface area contributed by atoms with Gasteiger partial charge in [-0.15, -0.1) is 0 Å². The quantitative estimate of drug-likeness (QED) is 0.775. The molecule has 2 N–H and O–H groups in total. The minimum Gasteiger partial charge on any atom is -0.346 e. The van der Waals surface area contributed by atoms with Gasteiger partial charge in [-0.2, -0.15) is 0 Å². The van der Waals surface area contributed by atoms with Gasteiger partial charge in [0.2, 0.25) is 5.91 Å². The van der Waals surface area contributed by atoms with Crippen LogP contribution in [0.4, 0.5) is 5.69 Å². The summed E-state index contributed by atoms with van der Waals surface area (Å²) in [6.45, 7) is 0.369. The van der Waals surface area contributed by atoms with Gasteiger partial charge in [0.1, 0.15) is 0 Å². The van der Waals surface area contributed by atoms with Crippen molar-refractivity contribution in [3.05, 3.63) is 71.5 Å². The molecule has 2 aromatic carbocycles. The number of hydrogen-bond donors (Lipinski definition) is 2. The zero-order chi connectivity index (χ0) is 17.2. The van der Waals surface area contributed by atoms with Crippen LogP contribution >= 0.6 is 0 Å². The number of rotatable bonds is 3. The Kier molecular flexibility index (Phi) is 3.90. The van der Waals surface area contributed by atoms with Gasteiger partial charge < -0.3 is 10.6 Å². The molecule has 0 atom stereocenters. The Labute approximate surface area is 145 Å². The van der Waals surface area contributed by atoms with Crippen molar-refractivity contribution < 1.29 is 9.59 Å². The van der Waals surface area contributed by atoms with E-state index in [1.165, 1.54) is 0 Å². The van der Waals surface area contributed by atoms with Gasteiger partial charge >= 0.3 is 0 Å². The van der Waals surface area contributed by atoms with Crippen LogP contribution in [0.5, 0.6) is 0 Å². The molecule has 4 rings (SSSR count). The maximum absolute atomic E-state index is 12.5. The predicted octanol–water partition coefficient (Wildman–Crippen LogP) is 3.05. The van der Waals surface area contributed by atoms with E-state index < -0.39 is 0 Å². The van der Waals surface area contributed by atoms with Crippen LogP contribution < -0.4 is 10.6 Å². The molecule has 0 fully saturated rings. The van der Waals surface area contributed by atoms with E-state index in [4.69, 9.17) is 0 Å². The summed E-state index contributed by atoms with van der Waals surface area (Å²) in [5.74, 6) is -0.124. The molecule has 25 heavy (non-hydrogen) atoms. The van der Waals surface area contributed by atoms with E-state index in [0.29, 0.717) is 24.9 Å². The maximum atomic E-state index is 12.5. The van der Waals surface area contributed by atoms with Crippen LogP contribution in [-0.2, 0) is 17.8 Å². The Morgan fingerprint density at radius 3 is 2.92 bits per heavy atom. The number of aryl methyl sites for hydroxylation is 1. The normalized spacial score (nSPS) is 13.2. The number of aromatic nitrogens is 1. The number of nitrogens with one attached hydrogen (secondary N) is 2. The number of fused-ring (bicyclic) bond motifs is 2. The van der Waals surface area contributed by atoms with Crippen molar-refractivity contribution in [3.8, 4) is 0 Å². The van der Waals surface area contributed by atoms with Gasteiger partial charge in [-0.1, -0.05) is 24.3 Å². The van der Waals surface area contributed by atoms with Crippen molar-refractivity contribution in [1.29, 1.82) is 0 Å². The largest absolute Gasteiger partial charge is 0.346 e. The van der Waals surface area contributed by atoms with Crippen LogP contribution in [0.25, 0.3) is 10.8 Å². The molecule has 1 aliphatic heterocycles. The van der Waals surface area contributed by atoms with Crippen molar-refractivity contribution in [3.63, 3.8) is 0 Å². The van der Waals surface area contributed by atoms with Gasteiger partial charge in [0.15, 0.2) is 0 Å². The monoisotopic (exact) mass is 331 g/mol. The van der Waals surface area contributed by atoms with Gasteiger partial charge in [-0.05, 0) is 41.6 Å². The Morgan fingerprint density at radius 1 is 1.12 bits per heavy atom. The van der Waals surface area contributed by atoms with Crippen molar-refractivity contribution in [2.75, 3.05) is 5.32 Å². The van der Waals surface area contributed by atoms with E-state index in [2.05, 4.69) is 15.6 Å². The van der Waals surface area contributed by atoms with Crippen molar-refractivity contribution in [2.45, 2.75) is 19.4 Å². The zero-order valence-corrected chi connectivity index (χ0v) is 13.6. The average molecular weight is 331 g/mol. The molecule has 0 saturated heterocycles. The van der Waals surface area contributed by atoms with Crippen LogP contribution in [0.2, 0.25) is 0 Å². The van der Waals surface area contributed by atoms with E-state index in [1.807, 2.05) is 36.4 Å². The summed E-state index contributed by atoms with van der Waals surface area (Å²) >= 11 is 0. The summed E-state index contributed by atoms with van der Waals surface area (Å²) in [5, 5.41) is 7.90. The molecule has 124 valence electrons. The van der Waals surface area contributed by atoms with Crippen LogP contribution in [0.15, 0.2) is 54.7 Å². The lowest BCUT2D eigenvalue weighted by Crippen LogP contribution is -2.24. The highest BCUT2D eigenvalue weighted by molar-refractivity contribution is 5.98. The molecule has 0 bridgehead atoms. The fourth-order valence-corrected chi connectivity index (χ4v) is 3.11. The first-order chi connectivity index (χ1) is 12.2.